The third-order valence-corrected chi connectivity index (χ3v) is 2.41. The Morgan fingerprint density at radius 2 is 2.05 bits per heavy atom. The fourth-order valence-corrected chi connectivity index (χ4v) is 1.45. The van der Waals surface area contributed by atoms with E-state index in [1.165, 1.54) is 12.3 Å². The third kappa shape index (κ3) is 6.47. The molecule has 1 heterocycles. The van der Waals surface area contributed by atoms with Crippen LogP contribution in [0.25, 0.3) is 0 Å². The average molecular weight is 314 g/mol. The molecule has 0 aliphatic rings. The van der Waals surface area contributed by atoms with Gasteiger partial charge < -0.3 is 24.1 Å². The van der Waals surface area contributed by atoms with Crippen molar-refractivity contribution in [3.8, 4) is 5.88 Å². The molecule has 1 aromatic rings. The van der Waals surface area contributed by atoms with Gasteiger partial charge in [0.1, 0.15) is 17.9 Å². The van der Waals surface area contributed by atoms with Crippen molar-refractivity contribution in [2.45, 2.75) is 46.3 Å². The van der Waals surface area contributed by atoms with Gasteiger partial charge in [0.05, 0.1) is 0 Å². The van der Waals surface area contributed by atoms with E-state index in [1.807, 2.05) is 0 Å². The van der Waals surface area contributed by atoms with Crippen molar-refractivity contribution in [1.29, 1.82) is 0 Å². The summed E-state index contributed by atoms with van der Waals surface area (Å²) in [6.07, 6.45) is 0.651. The average Bonchev–Trinajstić information content (AvgIpc) is 2.86. The number of amides is 1. The van der Waals surface area contributed by atoms with Crippen molar-refractivity contribution in [1.82, 2.24) is 10.5 Å². The number of carbonyl (C=O) groups is 2. The molecule has 0 saturated carbocycles. The molecule has 8 heteroatoms. The fraction of sp³-hybridized carbons (Fsp3) is 0.643. The molecule has 1 unspecified atom stereocenters. The number of nitrogens with one attached hydrogen (secondary N) is 1. The zero-order valence-electron chi connectivity index (χ0n) is 13.4. The molecule has 0 radical (unpaired) electrons. The fourth-order valence-electron chi connectivity index (χ4n) is 1.45. The molecule has 22 heavy (non-hydrogen) atoms. The van der Waals surface area contributed by atoms with Crippen molar-refractivity contribution in [3.05, 3.63) is 12.3 Å². The van der Waals surface area contributed by atoms with Crippen LogP contribution in [-0.4, -0.2) is 35.7 Å². The first-order chi connectivity index (χ1) is 10.2. The van der Waals surface area contributed by atoms with E-state index in [9.17, 15) is 9.59 Å². The largest absolute Gasteiger partial charge is 0.444 e. The second kappa shape index (κ2) is 7.67. The summed E-state index contributed by atoms with van der Waals surface area (Å²) in [6.45, 7) is 8.44. The van der Waals surface area contributed by atoms with Crippen LogP contribution in [0, 0.1) is 5.92 Å². The third-order valence-electron chi connectivity index (χ3n) is 2.41. The van der Waals surface area contributed by atoms with Gasteiger partial charge in [-0.25, -0.2) is 9.59 Å². The lowest BCUT2D eigenvalue weighted by Gasteiger charge is -2.24. The van der Waals surface area contributed by atoms with Crippen molar-refractivity contribution in [2.24, 2.45) is 5.92 Å². The Labute approximate surface area is 129 Å². The molecular weight excluding hydrogens is 292 g/mol. The van der Waals surface area contributed by atoms with Crippen LogP contribution in [0.1, 0.15) is 34.6 Å². The first-order valence-corrected chi connectivity index (χ1v) is 6.88. The van der Waals surface area contributed by atoms with Crippen LogP contribution in [0.3, 0.4) is 0 Å². The standard InChI is InChI=1S/C14H22N2O6/c1-9(2)11(15-13(18)22-14(3,4)5)12(17)20-8-19-10-6-7-21-16-10/h6-7,9,11H,8H2,1-5H3,(H,15,18). The summed E-state index contributed by atoms with van der Waals surface area (Å²) < 4.78 is 19.7. The van der Waals surface area contributed by atoms with E-state index in [2.05, 4.69) is 15.0 Å². The van der Waals surface area contributed by atoms with E-state index in [1.54, 1.807) is 34.6 Å². The van der Waals surface area contributed by atoms with Gasteiger partial charge in [-0.2, -0.15) is 0 Å². The minimum absolute atomic E-state index is 0.174. The van der Waals surface area contributed by atoms with E-state index in [-0.39, 0.29) is 18.6 Å². The SMILES string of the molecule is CC(C)C(NC(=O)OC(C)(C)C)C(=O)OCOc1ccon1. The number of hydrogen-bond acceptors (Lipinski definition) is 7. The van der Waals surface area contributed by atoms with Crippen molar-refractivity contribution >= 4 is 12.1 Å². The predicted molar refractivity (Wildman–Crippen MR) is 76.1 cm³/mol. The quantitative estimate of drug-likeness (QED) is 0.634. The van der Waals surface area contributed by atoms with E-state index < -0.39 is 23.7 Å². The lowest BCUT2D eigenvalue weighted by Crippen LogP contribution is -2.47. The second-order valence-electron chi connectivity index (χ2n) is 5.93. The summed E-state index contributed by atoms with van der Waals surface area (Å²) in [5.41, 5.74) is -0.647. The highest BCUT2D eigenvalue weighted by Crippen LogP contribution is 2.10. The summed E-state index contributed by atoms with van der Waals surface area (Å²) in [6, 6.07) is 0.642. The molecule has 1 amide bonds. The first-order valence-electron chi connectivity index (χ1n) is 6.88. The van der Waals surface area contributed by atoms with Crippen LogP contribution >= 0.6 is 0 Å². The van der Waals surface area contributed by atoms with Gasteiger partial charge in [-0.05, 0) is 31.8 Å². The topological polar surface area (TPSA) is 99.9 Å². The first kappa shape index (κ1) is 17.8. The number of aromatic nitrogens is 1. The van der Waals surface area contributed by atoms with E-state index in [0.29, 0.717) is 0 Å². The number of alkyl carbamates (subject to hydrolysis) is 1. The molecule has 0 aliphatic heterocycles. The second-order valence-corrected chi connectivity index (χ2v) is 5.93. The predicted octanol–water partition coefficient (Wildman–Crippen LogP) is 2.10. The molecule has 1 N–H and O–H groups in total. The van der Waals surface area contributed by atoms with Gasteiger partial charge in [0.2, 0.25) is 6.79 Å². The Morgan fingerprint density at radius 1 is 1.36 bits per heavy atom. The molecule has 1 rings (SSSR count). The maximum Gasteiger partial charge on any atom is 0.408 e. The van der Waals surface area contributed by atoms with Gasteiger partial charge in [-0.1, -0.05) is 13.8 Å². The van der Waals surface area contributed by atoms with Gasteiger partial charge in [0, 0.05) is 6.07 Å². The number of nitrogens with zero attached hydrogens (tertiary/aromatic N) is 1. The van der Waals surface area contributed by atoms with Crippen LogP contribution in [0.4, 0.5) is 4.79 Å². The Morgan fingerprint density at radius 3 is 2.55 bits per heavy atom. The molecule has 1 aromatic heterocycles. The lowest BCUT2D eigenvalue weighted by atomic mass is 10.1. The summed E-state index contributed by atoms with van der Waals surface area (Å²) in [5.74, 6) is -0.592. The van der Waals surface area contributed by atoms with Gasteiger partial charge in [0.15, 0.2) is 0 Å². The minimum atomic E-state index is -0.837. The van der Waals surface area contributed by atoms with Crippen LogP contribution in [-0.2, 0) is 14.3 Å². The monoisotopic (exact) mass is 314 g/mol. The Hall–Kier alpha value is -2.25. The zero-order chi connectivity index (χ0) is 16.8. The summed E-state index contributed by atoms with van der Waals surface area (Å²) >= 11 is 0. The minimum Gasteiger partial charge on any atom is -0.444 e. The number of esters is 1. The smallest absolute Gasteiger partial charge is 0.408 e. The van der Waals surface area contributed by atoms with Crippen molar-refractivity contribution in [2.75, 3.05) is 6.79 Å². The lowest BCUT2D eigenvalue weighted by molar-refractivity contribution is -0.154. The molecule has 0 spiro atoms. The highest BCUT2D eigenvalue weighted by molar-refractivity contribution is 5.81. The molecule has 0 aromatic carbocycles. The highest BCUT2D eigenvalue weighted by Gasteiger charge is 2.28. The zero-order valence-corrected chi connectivity index (χ0v) is 13.4. The molecule has 0 bridgehead atoms. The van der Waals surface area contributed by atoms with Crippen molar-refractivity contribution < 1.29 is 28.3 Å². The van der Waals surface area contributed by atoms with Gasteiger partial charge in [-0.15, -0.1) is 0 Å². The Bertz CT molecular complexity index is 478. The molecule has 8 nitrogen and oxygen atoms in total. The maximum absolute atomic E-state index is 12.0. The van der Waals surface area contributed by atoms with E-state index >= 15 is 0 Å². The molecule has 0 fully saturated rings. The number of carbonyl (C=O) groups excluding carboxylic acids is 2. The number of ether oxygens (including phenoxy) is 3. The van der Waals surface area contributed by atoms with Crippen LogP contribution in [0.15, 0.2) is 16.9 Å². The summed E-state index contributed by atoms with van der Waals surface area (Å²) in [7, 11) is 0. The van der Waals surface area contributed by atoms with E-state index in [4.69, 9.17) is 14.2 Å². The van der Waals surface area contributed by atoms with Gasteiger partial charge >= 0.3 is 12.1 Å². The van der Waals surface area contributed by atoms with Crippen molar-refractivity contribution in [3.63, 3.8) is 0 Å². The highest BCUT2D eigenvalue weighted by atomic mass is 16.7. The van der Waals surface area contributed by atoms with Crippen LogP contribution in [0.2, 0.25) is 0 Å². The number of hydrogen-bond donors (Lipinski definition) is 1. The molecule has 0 aliphatic carbocycles. The molecular formula is C14H22N2O6. The normalized spacial score (nSPS) is 12.6. The van der Waals surface area contributed by atoms with Crippen LogP contribution in [0.5, 0.6) is 5.88 Å². The van der Waals surface area contributed by atoms with Gasteiger partial charge in [0.25, 0.3) is 5.88 Å². The molecule has 1 atom stereocenters. The molecule has 0 saturated heterocycles. The molecule has 124 valence electrons. The van der Waals surface area contributed by atoms with Crippen LogP contribution < -0.4 is 10.1 Å². The Kier molecular flexibility index (Phi) is 6.21. The Balaban J connectivity index is 2.47. The maximum atomic E-state index is 12.0. The van der Waals surface area contributed by atoms with Gasteiger partial charge in [-0.3, -0.25) is 0 Å². The summed E-state index contributed by atoms with van der Waals surface area (Å²) in [5, 5.41) is 5.99. The summed E-state index contributed by atoms with van der Waals surface area (Å²) in [4.78, 5) is 23.7. The van der Waals surface area contributed by atoms with E-state index in [0.717, 1.165) is 0 Å². The number of rotatable bonds is 6.